The Morgan fingerprint density at radius 3 is 2.94 bits per heavy atom. The monoisotopic (exact) mass is 251 g/mol. The summed E-state index contributed by atoms with van der Waals surface area (Å²) >= 11 is 0. The van der Waals surface area contributed by atoms with Crippen LogP contribution in [0.3, 0.4) is 0 Å². The summed E-state index contributed by atoms with van der Waals surface area (Å²) in [5, 5.41) is 16.8. The molecule has 2 N–H and O–H groups in total. The molecule has 5 heteroatoms. The quantitative estimate of drug-likeness (QED) is 0.838. The molecule has 100 valence electrons. The minimum atomic E-state index is -0.292. The van der Waals surface area contributed by atoms with Crippen molar-refractivity contribution in [3.63, 3.8) is 0 Å². The van der Waals surface area contributed by atoms with Crippen molar-refractivity contribution in [3.8, 4) is 0 Å². The Morgan fingerprint density at radius 1 is 1.33 bits per heavy atom. The van der Waals surface area contributed by atoms with E-state index in [1.807, 2.05) is 0 Å². The SMILES string of the molecule is CC1CCCC(c2noc([C@@H]3C[C@H](O)CN3)n2)C1. The first-order chi connectivity index (χ1) is 8.72. The molecule has 1 saturated heterocycles. The van der Waals surface area contributed by atoms with Gasteiger partial charge in [-0.3, -0.25) is 0 Å². The van der Waals surface area contributed by atoms with Gasteiger partial charge in [0.25, 0.3) is 0 Å². The van der Waals surface area contributed by atoms with Crippen LogP contribution in [0.1, 0.15) is 62.7 Å². The molecule has 0 aromatic carbocycles. The third-order valence-electron chi connectivity index (χ3n) is 4.16. The lowest BCUT2D eigenvalue weighted by Crippen LogP contribution is -2.15. The van der Waals surface area contributed by atoms with Crippen molar-refractivity contribution < 1.29 is 9.63 Å². The molecular weight excluding hydrogens is 230 g/mol. The molecule has 1 saturated carbocycles. The molecular formula is C13H21N3O2. The van der Waals surface area contributed by atoms with Gasteiger partial charge in [0, 0.05) is 12.5 Å². The Labute approximate surface area is 107 Å². The fraction of sp³-hybridized carbons (Fsp3) is 0.846. The van der Waals surface area contributed by atoms with Gasteiger partial charge in [-0.15, -0.1) is 0 Å². The van der Waals surface area contributed by atoms with E-state index in [0.717, 1.165) is 11.7 Å². The lowest BCUT2D eigenvalue weighted by atomic mass is 9.82. The molecule has 2 heterocycles. The summed E-state index contributed by atoms with van der Waals surface area (Å²) in [6.07, 6.45) is 5.29. The largest absolute Gasteiger partial charge is 0.392 e. The van der Waals surface area contributed by atoms with Gasteiger partial charge in [0.1, 0.15) is 0 Å². The molecule has 5 nitrogen and oxygen atoms in total. The van der Waals surface area contributed by atoms with Crippen LogP contribution >= 0.6 is 0 Å². The molecule has 3 rings (SSSR count). The second kappa shape index (κ2) is 4.97. The van der Waals surface area contributed by atoms with Crippen molar-refractivity contribution in [1.82, 2.24) is 15.5 Å². The van der Waals surface area contributed by atoms with Crippen LogP contribution in [-0.4, -0.2) is 27.9 Å². The maximum Gasteiger partial charge on any atom is 0.243 e. The molecule has 2 fully saturated rings. The van der Waals surface area contributed by atoms with Crippen molar-refractivity contribution in [2.24, 2.45) is 5.92 Å². The maximum atomic E-state index is 9.50. The third-order valence-corrected chi connectivity index (χ3v) is 4.16. The van der Waals surface area contributed by atoms with Gasteiger partial charge >= 0.3 is 0 Å². The number of rotatable bonds is 2. The van der Waals surface area contributed by atoms with Gasteiger partial charge in [0.15, 0.2) is 5.82 Å². The predicted octanol–water partition coefficient (Wildman–Crippen LogP) is 1.76. The highest BCUT2D eigenvalue weighted by Crippen LogP contribution is 2.35. The van der Waals surface area contributed by atoms with Gasteiger partial charge in [-0.2, -0.15) is 4.98 Å². The molecule has 1 aromatic rings. The first-order valence-corrected chi connectivity index (χ1v) is 6.97. The van der Waals surface area contributed by atoms with E-state index < -0.39 is 0 Å². The predicted molar refractivity (Wildman–Crippen MR) is 66.0 cm³/mol. The van der Waals surface area contributed by atoms with E-state index in [4.69, 9.17) is 4.52 Å². The van der Waals surface area contributed by atoms with Crippen molar-refractivity contribution in [3.05, 3.63) is 11.7 Å². The zero-order chi connectivity index (χ0) is 12.5. The maximum absolute atomic E-state index is 9.50. The number of aliphatic hydroxyl groups excluding tert-OH is 1. The molecule has 0 bridgehead atoms. The van der Waals surface area contributed by atoms with Crippen LogP contribution in [-0.2, 0) is 0 Å². The Balaban J connectivity index is 1.69. The topological polar surface area (TPSA) is 71.2 Å². The number of hydrogen-bond acceptors (Lipinski definition) is 5. The van der Waals surface area contributed by atoms with Gasteiger partial charge in [0.05, 0.1) is 12.1 Å². The van der Waals surface area contributed by atoms with Crippen molar-refractivity contribution >= 4 is 0 Å². The summed E-state index contributed by atoms with van der Waals surface area (Å²) in [4.78, 5) is 4.53. The van der Waals surface area contributed by atoms with Crippen molar-refractivity contribution in [2.75, 3.05) is 6.54 Å². The van der Waals surface area contributed by atoms with Gasteiger partial charge in [-0.05, 0) is 25.2 Å². The highest BCUT2D eigenvalue weighted by atomic mass is 16.5. The summed E-state index contributed by atoms with van der Waals surface area (Å²) < 4.78 is 5.35. The van der Waals surface area contributed by atoms with Crippen LogP contribution in [0.25, 0.3) is 0 Å². The summed E-state index contributed by atoms with van der Waals surface area (Å²) in [5.74, 6) is 2.72. The molecule has 1 aliphatic carbocycles. The van der Waals surface area contributed by atoms with Gasteiger partial charge in [-0.25, -0.2) is 0 Å². The fourth-order valence-corrected chi connectivity index (χ4v) is 3.13. The average molecular weight is 251 g/mol. The number of nitrogens with zero attached hydrogens (tertiary/aromatic N) is 2. The second-order valence-corrected chi connectivity index (χ2v) is 5.81. The smallest absolute Gasteiger partial charge is 0.243 e. The highest BCUT2D eigenvalue weighted by Gasteiger charge is 2.30. The Morgan fingerprint density at radius 2 is 2.22 bits per heavy atom. The first-order valence-electron chi connectivity index (χ1n) is 6.97. The van der Waals surface area contributed by atoms with Crippen LogP contribution in [0.2, 0.25) is 0 Å². The molecule has 1 aliphatic heterocycles. The molecule has 0 amide bonds. The van der Waals surface area contributed by atoms with E-state index >= 15 is 0 Å². The van der Waals surface area contributed by atoms with Crippen LogP contribution in [0.15, 0.2) is 4.52 Å². The number of β-amino-alcohol motifs (C(OH)–C–C–N with tert-alkyl or cyclic N) is 1. The Hall–Kier alpha value is -0.940. The van der Waals surface area contributed by atoms with Crippen LogP contribution in [0.4, 0.5) is 0 Å². The molecule has 18 heavy (non-hydrogen) atoms. The normalized spacial score (nSPS) is 37.0. The molecule has 1 aromatic heterocycles. The summed E-state index contributed by atoms with van der Waals surface area (Å²) in [5.41, 5.74) is 0. The van der Waals surface area contributed by atoms with E-state index in [9.17, 15) is 5.11 Å². The second-order valence-electron chi connectivity index (χ2n) is 5.81. The van der Waals surface area contributed by atoms with Gasteiger partial charge in [-0.1, -0.05) is 24.9 Å². The number of aliphatic hydroxyl groups is 1. The highest BCUT2D eigenvalue weighted by molar-refractivity contribution is 5.02. The lowest BCUT2D eigenvalue weighted by molar-refractivity contribution is 0.191. The van der Waals surface area contributed by atoms with E-state index in [0.29, 0.717) is 24.8 Å². The van der Waals surface area contributed by atoms with Gasteiger partial charge < -0.3 is 14.9 Å². The molecule has 2 unspecified atom stereocenters. The standard InChI is InChI=1S/C13H21N3O2/c1-8-3-2-4-9(5-8)12-15-13(18-16-12)11-6-10(17)7-14-11/h8-11,14,17H,2-7H2,1H3/t8?,9?,10-,11-/m0/s1. The van der Waals surface area contributed by atoms with Crippen molar-refractivity contribution in [2.45, 2.75) is 57.1 Å². The van der Waals surface area contributed by atoms with Crippen LogP contribution < -0.4 is 5.32 Å². The summed E-state index contributed by atoms with van der Waals surface area (Å²) in [7, 11) is 0. The van der Waals surface area contributed by atoms with Crippen LogP contribution in [0.5, 0.6) is 0 Å². The first kappa shape index (κ1) is 12.1. The fourth-order valence-electron chi connectivity index (χ4n) is 3.13. The Bertz CT molecular complexity index is 407. The molecule has 2 aliphatic rings. The van der Waals surface area contributed by atoms with Crippen LogP contribution in [0, 0.1) is 5.92 Å². The summed E-state index contributed by atoms with van der Waals surface area (Å²) in [6.45, 7) is 2.91. The van der Waals surface area contributed by atoms with E-state index in [-0.39, 0.29) is 12.1 Å². The lowest BCUT2D eigenvalue weighted by Gasteiger charge is -2.23. The van der Waals surface area contributed by atoms with Crippen molar-refractivity contribution in [1.29, 1.82) is 0 Å². The summed E-state index contributed by atoms with van der Waals surface area (Å²) in [6, 6.07) is 0.0299. The van der Waals surface area contributed by atoms with E-state index in [2.05, 4.69) is 22.4 Å². The average Bonchev–Trinajstić information content (AvgIpc) is 2.97. The molecule has 4 atom stereocenters. The minimum absolute atomic E-state index is 0.0299. The Kier molecular flexibility index (Phi) is 3.35. The zero-order valence-electron chi connectivity index (χ0n) is 10.8. The molecule has 0 radical (unpaired) electrons. The van der Waals surface area contributed by atoms with Gasteiger partial charge in [0.2, 0.25) is 5.89 Å². The number of hydrogen-bond donors (Lipinski definition) is 2. The number of nitrogens with one attached hydrogen (secondary N) is 1. The third kappa shape index (κ3) is 2.42. The minimum Gasteiger partial charge on any atom is -0.392 e. The van der Waals surface area contributed by atoms with E-state index in [1.165, 1.54) is 25.7 Å². The zero-order valence-corrected chi connectivity index (χ0v) is 10.8. The molecule has 0 spiro atoms. The van der Waals surface area contributed by atoms with E-state index in [1.54, 1.807) is 0 Å². The number of aromatic nitrogens is 2.